The van der Waals surface area contributed by atoms with Crippen molar-refractivity contribution in [3.8, 4) is 34.5 Å². The zero-order valence-electron chi connectivity index (χ0n) is 19.8. The minimum atomic E-state index is 0.0146. The van der Waals surface area contributed by atoms with Crippen LogP contribution in [-0.2, 0) is 13.2 Å². The van der Waals surface area contributed by atoms with Gasteiger partial charge in [0.2, 0.25) is 0 Å². The van der Waals surface area contributed by atoms with Crippen molar-refractivity contribution < 1.29 is 28.3 Å². The summed E-state index contributed by atoms with van der Waals surface area (Å²) in [7, 11) is 3.21. The van der Waals surface area contributed by atoms with Crippen molar-refractivity contribution in [2.24, 2.45) is 0 Å². The second kappa shape index (κ2) is 12.3. The lowest BCUT2D eigenvalue weighted by Crippen LogP contribution is -2.11. The first-order valence-corrected chi connectivity index (χ1v) is 11.2. The van der Waals surface area contributed by atoms with E-state index >= 15 is 0 Å². The number of benzene rings is 4. The van der Waals surface area contributed by atoms with E-state index in [0.29, 0.717) is 47.7 Å². The van der Waals surface area contributed by atoms with Crippen LogP contribution < -0.4 is 28.3 Å². The molecule has 0 aliphatic heterocycles. The first-order valence-electron chi connectivity index (χ1n) is 11.2. The summed E-state index contributed by atoms with van der Waals surface area (Å²) >= 11 is 0. The summed E-state index contributed by atoms with van der Waals surface area (Å²) in [5.41, 5.74) is 2.16. The van der Waals surface area contributed by atoms with E-state index in [1.54, 1.807) is 26.4 Å². The Kier molecular flexibility index (Phi) is 8.38. The molecular formula is C28H27BO6. The van der Waals surface area contributed by atoms with Crippen molar-refractivity contribution >= 4 is 7.69 Å². The number of hydrogen-bond donors (Lipinski definition) is 0. The van der Waals surface area contributed by atoms with Gasteiger partial charge < -0.3 is 28.3 Å². The maximum absolute atomic E-state index is 5.89. The molecule has 4 rings (SSSR count). The van der Waals surface area contributed by atoms with Gasteiger partial charge in [-0.2, -0.15) is 0 Å². The smallest absolute Gasteiger partial charge is 0.528 e. The van der Waals surface area contributed by atoms with Crippen LogP contribution in [0.1, 0.15) is 11.1 Å². The number of methoxy groups -OCH3 is 2. The zero-order valence-corrected chi connectivity index (χ0v) is 19.8. The van der Waals surface area contributed by atoms with Crippen LogP contribution >= 0.6 is 0 Å². The summed E-state index contributed by atoms with van der Waals surface area (Å²) in [6.45, 7) is 0.904. The van der Waals surface area contributed by atoms with Crippen molar-refractivity contribution in [1.82, 2.24) is 0 Å². The van der Waals surface area contributed by atoms with Crippen LogP contribution in [0.25, 0.3) is 0 Å². The van der Waals surface area contributed by atoms with Gasteiger partial charge >= 0.3 is 7.69 Å². The highest BCUT2D eigenvalue weighted by Gasteiger charge is 2.10. The van der Waals surface area contributed by atoms with E-state index in [9.17, 15) is 0 Å². The van der Waals surface area contributed by atoms with E-state index in [1.807, 2.05) is 84.9 Å². The first-order chi connectivity index (χ1) is 17.2. The van der Waals surface area contributed by atoms with Gasteiger partial charge in [-0.05, 0) is 35.4 Å². The molecule has 4 aromatic carbocycles. The normalized spacial score (nSPS) is 10.2. The van der Waals surface area contributed by atoms with E-state index in [0.717, 1.165) is 11.1 Å². The van der Waals surface area contributed by atoms with E-state index < -0.39 is 0 Å². The molecule has 0 fully saturated rings. The Morgan fingerprint density at radius 3 is 1.34 bits per heavy atom. The van der Waals surface area contributed by atoms with Gasteiger partial charge in [0, 0.05) is 12.1 Å². The number of rotatable bonds is 12. The zero-order chi connectivity index (χ0) is 24.3. The highest BCUT2D eigenvalue weighted by Crippen LogP contribution is 2.33. The van der Waals surface area contributed by atoms with Crippen LogP contribution in [0.3, 0.4) is 0 Å². The largest absolute Gasteiger partial charge is 0.576 e. The standard InChI is InChI=1S/C28H27BO6/c1-30-27-17-23(13-15-25(27)32-19-21-9-5-3-6-10-21)34-29-35-24-14-16-26(28(18-24)31-2)33-20-22-11-7-4-8-12-22/h3-18,29H,19-20H2,1-2H3. The SMILES string of the molecule is COc1cc(OBOc2ccc(OCc3ccccc3)c(OC)c2)ccc1OCc1ccccc1. The summed E-state index contributed by atoms with van der Waals surface area (Å²) in [5, 5.41) is 0. The predicted molar refractivity (Wildman–Crippen MR) is 136 cm³/mol. The molecule has 0 unspecified atom stereocenters. The van der Waals surface area contributed by atoms with Gasteiger partial charge in [-0.25, -0.2) is 0 Å². The van der Waals surface area contributed by atoms with Crippen molar-refractivity contribution in [3.63, 3.8) is 0 Å². The second-order valence-corrected chi connectivity index (χ2v) is 7.58. The van der Waals surface area contributed by atoms with Gasteiger partial charge in [-0.15, -0.1) is 0 Å². The van der Waals surface area contributed by atoms with Gasteiger partial charge in [0.25, 0.3) is 0 Å². The third kappa shape index (κ3) is 6.87. The summed E-state index contributed by atoms with van der Waals surface area (Å²) in [6, 6.07) is 30.7. The fraction of sp³-hybridized carbons (Fsp3) is 0.143. The molecule has 0 bridgehead atoms. The molecule has 0 atom stereocenters. The van der Waals surface area contributed by atoms with E-state index in [-0.39, 0.29) is 7.69 Å². The lowest BCUT2D eigenvalue weighted by molar-refractivity contribution is 0.283. The third-order valence-corrected chi connectivity index (χ3v) is 5.20. The average Bonchev–Trinajstić information content (AvgIpc) is 2.92. The molecule has 4 aromatic rings. The molecule has 0 aromatic heterocycles. The Morgan fingerprint density at radius 1 is 0.514 bits per heavy atom. The maximum Gasteiger partial charge on any atom is 0.576 e. The molecule has 0 heterocycles. The molecule has 0 spiro atoms. The molecular weight excluding hydrogens is 443 g/mol. The highest BCUT2D eigenvalue weighted by molar-refractivity contribution is 6.20. The van der Waals surface area contributed by atoms with E-state index in [2.05, 4.69) is 0 Å². The van der Waals surface area contributed by atoms with Gasteiger partial charge in [-0.3, -0.25) is 0 Å². The molecule has 35 heavy (non-hydrogen) atoms. The predicted octanol–water partition coefficient (Wildman–Crippen LogP) is 5.59. The molecule has 6 nitrogen and oxygen atoms in total. The van der Waals surface area contributed by atoms with Crippen LogP contribution in [0.15, 0.2) is 97.1 Å². The summed E-state index contributed by atoms with van der Waals surface area (Å²) in [6.07, 6.45) is 0. The average molecular weight is 470 g/mol. The quantitative estimate of drug-likeness (QED) is 0.252. The number of hydrogen-bond acceptors (Lipinski definition) is 6. The van der Waals surface area contributed by atoms with Crippen LogP contribution in [0, 0.1) is 0 Å². The van der Waals surface area contributed by atoms with Crippen LogP contribution in [0.4, 0.5) is 0 Å². The molecule has 0 N–H and O–H groups in total. The Hall–Kier alpha value is -4.26. The molecule has 0 saturated heterocycles. The fourth-order valence-corrected chi connectivity index (χ4v) is 3.35. The van der Waals surface area contributed by atoms with Crippen molar-refractivity contribution in [3.05, 3.63) is 108 Å². The highest BCUT2D eigenvalue weighted by atomic mass is 16.6. The summed E-state index contributed by atoms with van der Waals surface area (Å²) < 4.78 is 34.2. The fourth-order valence-electron chi connectivity index (χ4n) is 3.35. The molecule has 178 valence electrons. The Morgan fingerprint density at radius 2 is 0.943 bits per heavy atom. The lowest BCUT2D eigenvalue weighted by atomic mass is 10.2. The lowest BCUT2D eigenvalue weighted by Gasteiger charge is -2.14. The molecule has 7 heteroatoms. The Labute approximate surface area is 206 Å². The van der Waals surface area contributed by atoms with Crippen LogP contribution in [-0.4, -0.2) is 21.9 Å². The third-order valence-electron chi connectivity index (χ3n) is 5.20. The first kappa shape index (κ1) is 23.9. The minimum Gasteiger partial charge on any atom is -0.528 e. The molecule has 0 aliphatic carbocycles. The van der Waals surface area contributed by atoms with Gasteiger partial charge in [-0.1, -0.05) is 60.7 Å². The summed E-state index contributed by atoms with van der Waals surface area (Å²) in [5.74, 6) is 3.65. The van der Waals surface area contributed by atoms with E-state index in [1.165, 1.54) is 0 Å². The minimum absolute atomic E-state index is 0.0146. The molecule has 0 radical (unpaired) electrons. The van der Waals surface area contributed by atoms with Gasteiger partial charge in [0.15, 0.2) is 23.0 Å². The monoisotopic (exact) mass is 470 g/mol. The molecule has 0 amide bonds. The van der Waals surface area contributed by atoms with Gasteiger partial charge in [0.05, 0.1) is 14.2 Å². The Balaban J connectivity index is 1.30. The summed E-state index contributed by atoms with van der Waals surface area (Å²) in [4.78, 5) is 0. The second-order valence-electron chi connectivity index (χ2n) is 7.58. The maximum atomic E-state index is 5.89. The number of ether oxygens (including phenoxy) is 4. The Bertz CT molecular complexity index is 1110. The molecule has 0 saturated carbocycles. The topological polar surface area (TPSA) is 55.4 Å². The van der Waals surface area contributed by atoms with Crippen molar-refractivity contribution in [2.75, 3.05) is 14.2 Å². The molecule has 0 aliphatic rings. The van der Waals surface area contributed by atoms with Crippen LogP contribution in [0.5, 0.6) is 34.5 Å². The van der Waals surface area contributed by atoms with Crippen molar-refractivity contribution in [2.45, 2.75) is 13.2 Å². The van der Waals surface area contributed by atoms with Crippen molar-refractivity contribution in [1.29, 1.82) is 0 Å². The van der Waals surface area contributed by atoms with Gasteiger partial charge in [0.1, 0.15) is 24.7 Å². The van der Waals surface area contributed by atoms with Crippen LogP contribution in [0.2, 0.25) is 0 Å². The van der Waals surface area contributed by atoms with E-state index in [4.69, 9.17) is 28.3 Å².